The van der Waals surface area contributed by atoms with Crippen LogP contribution in [-0.4, -0.2) is 149 Å². The Labute approximate surface area is 486 Å². The number of hydrogen-bond acceptors (Lipinski definition) is 14. The normalized spacial score (nSPS) is 13.9. The Kier molecular flexibility index (Phi) is 25.0. The number of methoxy groups -OCH3 is 2. The maximum absolute atomic E-state index is 14.5. The highest BCUT2D eigenvalue weighted by Crippen LogP contribution is 2.44. The van der Waals surface area contributed by atoms with Crippen LogP contribution in [0.5, 0.6) is 0 Å². The van der Waals surface area contributed by atoms with E-state index in [4.69, 9.17) is 38.4 Å². The third kappa shape index (κ3) is 18.1. The van der Waals surface area contributed by atoms with E-state index in [2.05, 4.69) is 80.3 Å². The molecule has 2 aliphatic heterocycles. The van der Waals surface area contributed by atoms with Gasteiger partial charge in [0.2, 0.25) is 17.7 Å². The lowest BCUT2D eigenvalue weighted by molar-refractivity contribution is -0.141. The van der Waals surface area contributed by atoms with Crippen LogP contribution in [0.1, 0.15) is 114 Å². The Bertz CT molecular complexity index is 3110. The molecular weight excluding hydrogens is 1150 g/mol. The molecule has 0 saturated heterocycles. The molecule has 0 unspecified atom stereocenters. The number of aromatic nitrogens is 4. The molecule has 2 aliphatic rings. The Morgan fingerprint density at radius 3 is 1.94 bits per heavy atom. The van der Waals surface area contributed by atoms with Crippen LogP contribution in [0.25, 0.3) is 39.3 Å². The maximum atomic E-state index is 14.5. The number of ether oxygens (including phenoxy) is 6. The molecule has 436 valence electrons. The van der Waals surface area contributed by atoms with Gasteiger partial charge in [-0.2, -0.15) is 0 Å². The summed E-state index contributed by atoms with van der Waals surface area (Å²) >= 11 is 2.23. The minimum atomic E-state index is -0.572. The molecule has 0 aliphatic carbocycles. The summed E-state index contributed by atoms with van der Waals surface area (Å²) in [6.07, 6.45) is 4.30. The van der Waals surface area contributed by atoms with Crippen molar-refractivity contribution in [2.45, 2.75) is 91.4 Å². The van der Waals surface area contributed by atoms with Crippen molar-refractivity contribution < 1.29 is 57.2 Å². The lowest BCUT2D eigenvalue weighted by Gasteiger charge is -2.18. The van der Waals surface area contributed by atoms with Crippen molar-refractivity contribution in [3.8, 4) is 0 Å². The zero-order chi connectivity index (χ0) is 58.4. The predicted molar refractivity (Wildman–Crippen MR) is 318 cm³/mol. The van der Waals surface area contributed by atoms with Crippen LogP contribution in [-0.2, 0) is 76.5 Å². The van der Waals surface area contributed by atoms with E-state index in [1.54, 1.807) is 6.92 Å². The number of carbonyl (C=O) groups is 6. The molecule has 4 aromatic rings. The maximum Gasteiger partial charge on any atom is 0.310 e. The molecule has 6 rings (SSSR count). The number of fused-ring (bicyclic) bond motifs is 8. The smallest absolute Gasteiger partial charge is 0.310 e. The molecule has 0 radical (unpaired) electrons. The molecule has 1 aromatic carbocycles. The van der Waals surface area contributed by atoms with Crippen molar-refractivity contribution in [2.24, 2.45) is 0 Å². The van der Waals surface area contributed by atoms with E-state index in [0.29, 0.717) is 113 Å². The van der Waals surface area contributed by atoms with Gasteiger partial charge in [-0.15, -0.1) is 0 Å². The fraction of sp³-hybridized carbons (Fsp3) is 0.467. The second kappa shape index (κ2) is 32.0. The Morgan fingerprint density at radius 1 is 0.679 bits per heavy atom. The van der Waals surface area contributed by atoms with Gasteiger partial charge in [-0.1, -0.05) is 38.6 Å². The van der Waals surface area contributed by atoms with Crippen molar-refractivity contribution in [1.82, 2.24) is 41.2 Å². The number of aromatic amines is 2. The molecule has 0 saturated carbocycles. The van der Waals surface area contributed by atoms with E-state index in [0.717, 1.165) is 53.5 Å². The first-order chi connectivity index (χ1) is 39.1. The molecule has 8 bridgehead atoms. The summed E-state index contributed by atoms with van der Waals surface area (Å²) < 4.78 is 33.4. The average Bonchev–Trinajstić information content (AvgIpc) is 4.18. The predicted octanol–water partition coefficient (Wildman–Crippen LogP) is 6.78. The van der Waals surface area contributed by atoms with E-state index >= 15 is 0 Å². The summed E-state index contributed by atoms with van der Waals surface area (Å²) in [6.45, 7) is 16.9. The molecule has 5 heterocycles. The van der Waals surface area contributed by atoms with Crippen LogP contribution >= 0.6 is 22.6 Å². The number of carbonyl (C=O) groups excluding carboxylic acids is 6. The lowest BCUT2D eigenvalue weighted by atomic mass is 9.84. The summed E-state index contributed by atoms with van der Waals surface area (Å²) in [5.41, 5.74) is 11.5. The van der Waals surface area contributed by atoms with Crippen LogP contribution in [0.15, 0.2) is 49.0 Å². The summed E-state index contributed by atoms with van der Waals surface area (Å²) in [7, 11) is 2.63. The van der Waals surface area contributed by atoms with Gasteiger partial charge in [0.25, 0.3) is 5.91 Å². The van der Waals surface area contributed by atoms with Crippen molar-refractivity contribution >= 4 is 97.4 Å². The lowest BCUT2D eigenvalue weighted by Crippen LogP contribution is -2.37. The zero-order valence-electron chi connectivity index (χ0n) is 47.6. The van der Waals surface area contributed by atoms with Gasteiger partial charge in [-0.3, -0.25) is 33.8 Å². The first-order valence-electron chi connectivity index (χ1n) is 27.4. The summed E-state index contributed by atoms with van der Waals surface area (Å²) in [4.78, 5) is 95.4. The van der Waals surface area contributed by atoms with Crippen LogP contribution in [0.4, 0.5) is 0 Å². The number of H-pyrrole nitrogens is 2. The summed E-state index contributed by atoms with van der Waals surface area (Å²) in [6, 6.07) is 13.8. The van der Waals surface area contributed by atoms with Gasteiger partial charge >= 0.3 is 11.9 Å². The van der Waals surface area contributed by atoms with Crippen LogP contribution in [0.2, 0.25) is 0 Å². The second-order valence-electron chi connectivity index (χ2n) is 19.7. The number of hydrogen-bond donors (Lipinski definition) is 6. The van der Waals surface area contributed by atoms with Crippen LogP contribution in [0, 0.1) is 17.4 Å². The number of nitrogens with zero attached hydrogens (tertiary/aromatic N) is 2. The SMILES string of the molecule is C=Cc1c(C)c2cc3nc(c(CC(=O)OC)c4nc(cc5[nH]c(cc1[nH]2)c(C)c5CC)C(C)=C4C(=O)NCCNC(=O)COCC(=O)NCCCOCCOCCOCCCNC(=O)Cc1cccc(I)c1)[C@@H](CCC(=O)OC)[C@@H]3C. The standard InChI is InChI=1S/C60H77IN8O12/c1-9-42-36(3)46-31-48-38(5)44(16-17-55(73)76-7)58(68-48)45(30-56(74)77-8)59-57(39(6)49(69-59)33-51-43(10-2)37(4)47(67-51)32-50(42)66-46)60(75)65-21-20-64-54(72)35-81-34-53(71)63-19-13-23-79-25-27-80-26-24-78-22-12-18-62-52(70)29-40-14-11-15-41(61)28-40/h9,11,14-15,28,31-33,38,44,66-67H,1,10,12-13,16-27,29-30,34-35H2,2-8H3,(H,62,70)(H,63,71)(H,64,72)(H,65,75)/t38-,44-/m0/s1. The van der Waals surface area contributed by atoms with Crippen molar-refractivity contribution in [3.05, 3.63) is 109 Å². The Balaban J connectivity index is 1.00. The average molecular weight is 1230 g/mol. The van der Waals surface area contributed by atoms with E-state index in [9.17, 15) is 28.8 Å². The number of amides is 4. The van der Waals surface area contributed by atoms with Crippen molar-refractivity contribution in [1.29, 1.82) is 0 Å². The van der Waals surface area contributed by atoms with Gasteiger partial charge in [0.05, 0.1) is 76.1 Å². The molecule has 81 heavy (non-hydrogen) atoms. The number of allylic oxidation sites excluding steroid dienone is 1. The first-order valence-corrected chi connectivity index (χ1v) is 28.5. The molecule has 2 atom stereocenters. The fourth-order valence-electron chi connectivity index (χ4n) is 9.75. The molecule has 20 nitrogen and oxygen atoms in total. The topological polar surface area (TPSA) is 263 Å². The number of benzene rings is 1. The largest absolute Gasteiger partial charge is 0.469 e. The number of aryl methyl sites for hydroxylation is 3. The molecule has 0 fully saturated rings. The highest BCUT2D eigenvalue weighted by atomic mass is 127. The van der Waals surface area contributed by atoms with E-state index in [1.807, 2.05) is 56.3 Å². The second-order valence-corrected chi connectivity index (χ2v) is 20.9. The Hall–Kier alpha value is -6.79. The van der Waals surface area contributed by atoms with Gasteiger partial charge in [0.1, 0.15) is 13.2 Å². The van der Waals surface area contributed by atoms with E-state index in [1.165, 1.54) is 14.2 Å². The molecular formula is C60H77IN8O12. The number of rotatable bonds is 31. The number of esters is 2. The van der Waals surface area contributed by atoms with Gasteiger partial charge in [0, 0.05) is 100 Å². The van der Waals surface area contributed by atoms with E-state index < -0.39 is 23.8 Å². The van der Waals surface area contributed by atoms with E-state index in [-0.39, 0.29) is 74.1 Å². The van der Waals surface area contributed by atoms with Gasteiger partial charge in [-0.05, 0) is 127 Å². The minimum absolute atomic E-state index is 0.0141. The molecule has 0 spiro atoms. The molecule has 3 aromatic heterocycles. The quantitative estimate of drug-likeness (QED) is 0.0172. The molecule has 6 N–H and O–H groups in total. The summed E-state index contributed by atoms with van der Waals surface area (Å²) in [5, 5.41) is 11.3. The third-order valence-corrected chi connectivity index (χ3v) is 14.8. The molecule has 21 heteroatoms. The number of nitrogens with one attached hydrogen (secondary N) is 6. The fourth-order valence-corrected chi connectivity index (χ4v) is 10.4. The van der Waals surface area contributed by atoms with Gasteiger partial charge in [0.15, 0.2) is 0 Å². The summed E-state index contributed by atoms with van der Waals surface area (Å²) in [5.74, 6) is -2.97. The van der Waals surface area contributed by atoms with Crippen molar-refractivity contribution in [3.63, 3.8) is 0 Å². The van der Waals surface area contributed by atoms with Gasteiger partial charge < -0.3 is 59.7 Å². The highest BCUT2D eigenvalue weighted by molar-refractivity contribution is 14.1. The zero-order valence-corrected chi connectivity index (χ0v) is 49.7. The van der Waals surface area contributed by atoms with Crippen LogP contribution < -0.4 is 21.3 Å². The third-order valence-electron chi connectivity index (χ3n) is 14.2. The minimum Gasteiger partial charge on any atom is -0.469 e. The van der Waals surface area contributed by atoms with Crippen molar-refractivity contribution in [2.75, 3.05) is 93.3 Å². The first kappa shape index (κ1) is 63.4. The Morgan fingerprint density at radius 2 is 1.30 bits per heavy atom. The van der Waals surface area contributed by atoms with Crippen LogP contribution in [0.3, 0.4) is 0 Å². The monoisotopic (exact) mass is 1230 g/mol. The van der Waals surface area contributed by atoms with Gasteiger partial charge in [-0.25, -0.2) is 4.98 Å². The highest BCUT2D eigenvalue weighted by Gasteiger charge is 2.36. The number of halogens is 1. The molecule has 4 amide bonds.